The van der Waals surface area contributed by atoms with Gasteiger partial charge in [0.25, 0.3) is 10.0 Å². The van der Waals surface area contributed by atoms with Gasteiger partial charge in [0.1, 0.15) is 17.8 Å². The zero-order chi connectivity index (χ0) is 19.3. The molecular formula is C18H17FN6O2S. The van der Waals surface area contributed by atoms with E-state index in [9.17, 15) is 12.8 Å². The lowest BCUT2D eigenvalue weighted by Gasteiger charge is -2.31. The summed E-state index contributed by atoms with van der Waals surface area (Å²) in [5.41, 5.74) is 1.58. The van der Waals surface area contributed by atoms with Crippen molar-refractivity contribution in [1.82, 2.24) is 28.3 Å². The molecule has 28 heavy (non-hydrogen) atoms. The number of sulfonamides is 1. The SMILES string of the molecule is O=S(=O)(c1cnc2ccccn12)N1CCC(c2cn3ncnc3cc2F)CC1. The van der Waals surface area contributed by atoms with Crippen LogP contribution in [0.4, 0.5) is 4.39 Å². The minimum atomic E-state index is -3.67. The molecule has 0 N–H and O–H groups in total. The van der Waals surface area contributed by atoms with Crippen LogP contribution in [0.15, 0.2) is 54.2 Å². The summed E-state index contributed by atoms with van der Waals surface area (Å²) in [4.78, 5) is 8.15. The summed E-state index contributed by atoms with van der Waals surface area (Å²) in [6.07, 6.45) is 7.17. The zero-order valence-corrected chi connectivity index (χ0v) is 15.6. The van der Waals surface area contributed by atoms with Gasteiger partial charge in [0, 0.05) is 37.1 Å². The second-order valence-electron chi connectivity index (χ2n) is 6.84. The van der Waals surface area contributed by atoms with Crippen LogP contribution in [0, 0.1) is 5.82 Å². The predicted molar refractivity (Wildman–Crippen MR) is 98.9 cm³/mol. The van der Waals surface area contributed by atoms with Gasteiger partial charge in [0.2, 0.25) is 0 Å². The molecule has 144 valence electrons. The number of rotatable bonds is 3. The highest BCUT2D eigenvalue weighted by atomic mass is 32.2. The van der Waals surface area contributed by atoms with Crippen molar-refractivity contribution >= 4 is 21.3 Å². The van der Waals surface area contributed by atoms with Crippen LogP contribution in [0.3, 0.4) is 0 Å². The predicted octanol–water partition coefficient (Wildman–Crippen LogP) is 2.08. The van der Waals surface area contributed by atoms with E-state index in [1.54, 1.807) is 33.4 Å². The lowest BCUT2D eigenvalue weighted by Crippen LogP contribution is -2.38. The summed E-state index contributed by atoms with van der Waals surface area (Å²) >= 11 is 0. The first-order chi connectivity index (χ1) is 13.5. The first-order valence-corrected chi connectivity index (χ1v) is 10.4. The summed E-state index contributed by atoms with van der Waals surface area (Å²) in [7, 11) is -3.67. The number of aromatic nitrogens is 5. The molecular weight excluding hydrogens is 383 g/mol. The lowest BCUT2D eigenvalue weighted by atomic mass is 9.91. The van der Waals surface area contributed by atoms with Gasteiger partial charge in [-0.1, -0.05) is 6.07 Å². The Bertz CT molecular complexity index is 1270. The molecule has 5 heterocycles. The molecule has 1 fully saturated rings. The molecule has 4 aromatic heterocycles. The number of fused-ring (bicyclic) bond motifs is 2. The highest BCUT2D eigenvalue weighted by Crippen LogP contribution is 2.32. The molecule has 0 amide bonds. The van der Waals surface area contributed by atoms with Crippen molar-refractivity contribution in [3.8, 4) is 0 Å². The summed E-state index contributed by atoms with van der Waals surface area (Å²) < 4.78 is 45.2. The maximum absolute atomic E-state index is 14.5. The third-order valence-electron chi connectivity index (χ3n) is 5.27. The summed E-state index contributed by atoms with van der Waals surface area (Å²) in [6, 6.07) is 6.70. The van der Waals surface area contributed by atoms with Gasteiger partial charge in [0.15, 0.2) is 10.7 Å². The van der Waals surface area contributed by atoms with Crippen LogP contribution in [0.25, 0.3) is 11.3 Å². The van der Waals surface area contributed by atoms with E-state index >= 15 is 0 Å². The maximum atomic E-state index is 14.5. The van der Waals surface area contributed by atoms with E-state index in [1.165, 1.54) is 22.9 Å². The van der Waals surface area contributed by atoms with Gasteiger partial charge in [-0.25, -0.2) is 27.3 Å². The smallest absolute Gasteiger partial charge is 0.260 e. The van der Waals surface area contributed by atoms with E-state index in [1.807, 2.05) is 6.07 Å². The van der Waals surface area contributed by atoms with Crippen molar-refractivity contribution in [3.63, 3.8) is 0 Å². The average Bonchev–Trinajstić information content (AvgIpc) is 3.34. The highest BCUT2D eigenvalue weighted by Gasteiger charge is 2.33. The summed E-state index contributed by atoms with van der Waals surface area (Å²) in [5.74, 6) is -0.397. The zero-order valence-electron chi connectivity index (χ0n) is 14.8. The van der Waals surface area contributed by atoms with Crippen molar-refractivity contribution in [1.29, 1.82) is 0 Å². The van der Waals surface area contributed by atoms with E-state index in [0.717, 1.165) is 0 Å². The number of imidazole rings is 1. The van der Waals surface area contributed by atoms with E-state index < -0.39 is 10.0 Å². The molecule has 1 saturated heterocycles. The number of pyridine rings is 2. The molecule has 1 aliphatic heterocycles. The Kier molecular flexibility index (Phi) is 3.91. The molecule has 0 aliphatic carbocycles. The van der Waals surface area contributed by atoms with E-state index in [-0.39, 0.29) is 16.8 Å². The van der Waals surface area contributed by atoms with Crippen LogP contribution < -0.4 is 0 Å². The molecule has 0 aromatic carbocycles. The number of halogens is 1. The third kappa shape index (κ3) is 2.68. The maximum Gasteiger partial charge on any atom is 0.260 e. The lowest BCUT2D eigenvalue weighted by molar-refractivity contribution is 0.314. The standard InChI is InChI=1S/C18H17FN6O2S/c19-15-9-17-21-12-22-25(17)11-14(15)13-4-7-23(8-5-13)28(26,27)18-10-20-16-3-1-2-6-24(16)18/h1-3,6,9-13H,4-5,7-8H2. The Labute approximate surface area is 160 Å². The molecule has 0 atom stereocenters. The normalized spacial score (nSPS) is 16.9. The van der Waals surface area contributed by atoms with Crippen molar-refractivity contribution in [2.75, 3.05) is 13.1 Å². The molecule has 1 aliphatic rings. The fraction of sp³-hybridized carbons (Fsp3) is 0.278. The highest BCUT2D eigenvalue weighted by molar-refractivity contribution is 7.89. The largest absolute Gasteiger partial charge is 0.289 e. The molecule has 0 spiro atoms. The average molecular weight is 400 g/mol. The van der Waals surface area contributed by atoms with Crippen molar-refractivity contribution < 1.29 is 12.8 Å². The van der Waals surface area contributed by atoms with Crippen molar-refractivity contribution in [2.24, 2.45) is 0 Å². The first-order valence-electron chi connectivity index (χ1n) is 8.95. The Balaban J connectivity index is 1.39. The van der Waals surface area contributed by atoms with Gasteiger partial charge in [-0.3, -0.25) is 4.40 Å². The summed E-state index contributed by atoms with van der Waals surface area (Å²) in [5, 5.41) is 4.20. The monoisotopic (exact) mass is 400 g/mol. The molecule has 5 rings (SSSR count). The molecule has 10 heteroatoms. The number of hydrogen-bond donors (Lipinski definition) is 0. The van der Waals surface area contributed by atoms with Gasteiger partial charge in [-0.15, -0.1) is 0 Å². The number of hydrogen-bond acceptors (Lipinski definition) is 5. The summed E-state index contributed by atoms with van der Waals surface area (Å²) in [6.45, 7) is 0.643. The van der Waals surface area contributed by atoms with Crippen LogP contribution in [-0.2, 0) is 10.0 Å². The number of nitrogens with zero attached hydrogens (tertiary/aromatic N) is 6. The fourth-order valence-electron chi connectivity index (χ4n) is 3.79. The van der Waals surface area contributed by atoms with Gasteiger partial charge in [-0.2, -0.15) is 9.40 Å². The van der Waals surface area contributed by atoms with Crippen LogP contribution in [0.1, 0.15) is 24.3 Å². The second kappa shape index (κ2) is 6.35. The van der Waals surface area contributed by atoms with Gasteiger partial charge < -0.3 is 0 Å². The second-order valence-corrected chi connectivity index (χ2v) is 8.73. The van der Waals surface area contributed by atoms with Crippen LogP contribution in [0.2, 0.25) is 0 Å². The Hall–Kier alpha value is -2.85. The fourth-order valence-corrected chi connectivity index (χ4v) is 5.34. The molecule has 0 radical (unpaired) electrons. The van der Waals surface area contributed by atoms with Crippen LogP contribution in [0.5, 0.6) is 0 Å². The van der Waals surface area contributed by atoms with E-state index in [2.05, 4.69) is 15.1 Å². The Morgan fingerprint density at radius 3 is 2.75 bits per heavy atom. The van der Waals surface area contributed by atoms with E-state index in [4.69, 9.17) is 0 Å². The molecule has 0 bridgehead atoms. The first kappa shape index (κ1) is 17.3. The van der Waals surface area contributed by atoms with Gasteiger partial charge in [0.05, 0.1) is 6.20 Å². The number of piperidine rings is 1. The van der Waals surface area contributed by atoms with Gasteiger partial charge in [-0.05, 0) is 30.9 Å². The molecule has 0 unspecified atom stereocenters. The van der Waals surface area contributed by atoms with Crippen LogP contribution in [-0.4, -0.2) is 49.8 Å². The quantitative estimate of drug-likeness (QED) is 0.526. The van der Waals surface area contributed by atoms with Crippen molar-refractivity contribution in [3.05, 3.63) is 60.6 Å². The minimum absolute atomic E-state index is 0.0674. The van der Waals surface area contributed by atoms with Crippen LogP contribution >= 0.6 is 0 Å². The Morgan fingerprint density at radius 2 is 1.93 bits per heavy atom. The molecule has 8 nitrogen and oxygen atoms in total. The molecule has 0 saturated carbocycles. The van der Waals surface area contributed by atoms with E-state index in [0.29, 0.717) is 42.8 Å². The van der Waals surface area contributed by atoms with Gasteiger partial charge >= 0.3 is 0 Å². The Morgan fingerprint density at radius 1 is 1.11 bits per heavy atom. The minimum Gasteiger partial charge on any atom is -0.289 e. The van der Waals surface area contributed by atoms with Crippen molar-refractivity contribution in [2.45, 2.75) is 23.8 Å². The molecule has 4 aromatic rings. The third-order valence-corrected chi connectivity index (χ3v) is 7.15. The topological polar surface area (TPSA) is 84.9 Å².